The summed E-state index contributed by atoms with van der Waals surface area (Å²) in [6.07, 6.45) is 6.92. The molecule has 82 valence electrons. The molecular weight excluding hydrogens is 182 g/mol. The van der Waals surface area contributed by atoms with Gasteiger partial charge in [-0.15, -0.1) is 0 Å². The van der Waals surface area contributed by atoms with Gasteiger partial charge in [-0.05, 0) is 61.7 Å². The standard InChI is InChI=1S/C14H21N/c1-9(2)14(8-15)12-4-10-3-11(6-12)7-13(14)5-10/h9-13H,3-7H2,1-2H3. The predicted octanol–water partition coefficient (Wildman–Crippen LogP) is 3.61. The summed E-state index contributed by atoms with van der Waals surface area (Å²) in [7, 11) is 0. The van der Waals surface area contributed by atoms with Crippen LogP contribution in [0.5, 0.6) is 0 Å². The van der Waals surface area contributed by atoms with Crippen LogP contribution in [0.2, 0.25) is 0 Å². The van der Waals surface area contributed by atoms with Crippen LogP contribution in [0.1, 0.15) is 46.0 Å². The molecule has 4 rings (SSSR count). The summed E-state index contributed by atoms with van der Waals surface area (Å²) in [6, 6.07) is 2.76. The van der Waals surface area contributed by atoms with Crippen LogP contribution in [0.4, 0.5) is 0 Å². The van der Waals surface area contributed by atoms with E-state index in [0.29, 0.717) is 5.92 Å². The van der Waals surface area contributed by atoms with E-state index in [1.54, 1.807) is 0 Å². The van der Waals surface area contributed by atoms with Crippen LogP contribution in [0, 0.1) is 46.3 Å². The van der Waals surface area contributed by atoms with Crippen LogP contribution < -0.4 is 0 Å². The highest BCUT2D eigenvalue weighted by atomic mass is 14.6. The fourth-order valence-corrected chi connectivity index (χ4v) is 5.22. The Labute approximate surface area is 92.9 Å². The van der Waals surface area contributed by atoms with E-state index in [1.165, 1.54) is 32.1 Å². The lowest BCUT2D eigenvalue weighted by Crippen LogP contribution is -2.54. The number of hydrogen-bond acceptors (Lipinski definition) is 1. The lowest BCUT2D eigenvalue weighted by atomic mass is 9.43. The molecule has 4 aliphatic rings. The zero-order chi connectivity index (χ0) is 10.6. The lowest BCUT2D eigenvalue weighted by Gasteiger charge is -2.60. The zero-order valence-electron chi connectivity index (χ0n) is 9.87. The summed E-state index contributed by atoms with van der Waals surface area (Å²) in [5.41, 5.74) is 0.0490. The second-order valence-corrected chi connectivity index (χ2v) is 6.50. The molecule has 0 saturated heterocycles. The Hall–Kier alpha value is -0.510. The van der Waals surface area contributed by atoms with Gasteiger partial charge in [0, 0.05) is 0 Å². The van der Waals surface area contributed by atoms with E-state index < -0.39 is 0 Å². The minimum absolute atomic E-state index is 0.0490. The maximum atomic E-state index is 9.67. The third-order valence-electron chi connectivity index (χ3n) is 5.64. The highest BCUT2D eigenvalue weighted by Gasteiger charge is 2.58. The van der Waals surface area contributed by atoms with Gasteiger partial charge >= 0.3 is 0 Å². The van der Waals surface area contributed by atoms with Gasteiger partial charge in [-0.3, -0.25) is 0 Å². The van der Waals surface area contributed by atoms with Crippen LogP contribution in [-0.2, 0) is 0 Å². The molecule has 0 N–H and O–H groups in total. The molecule has 0 atom stereocenters. The fraction of sp³-hybridized carbons (Fsp3) is 0.929. The molecule has 0 aromatic carbocycles. The fourth-order valence-electron chi connectivity index (χ4n) is 5.22. The average Bonchev–Trinajstić information content (AvgIpc) is 2.16. The van der Waals surface area contributed by atoms with Gasteiger partial charge in [-0.1, -0.05) is 13.8 Å². The van der Waals surface area contributed by atoms with E-state index in [4.69, 9.17) is 0 Å². The number of nitriles is 1. The molecule has 0 spiro atoms. The Morgan fingerprint density at radius 3 is 1.80 bits per heavy atom. The summed E-state index contributed by atoms with van der Waals surface area (Å²) < 4.78 is 0. The van der Waals surface area contributed by atoms with Gasteiger partial charge in [-0.2, -0.15) is 5.26 Å². The second kappa shape index (κ2) is 3.00. The lowest BCUT2D eigenvalue weighted by molar-refractivity contribution is -0.0989. The highest BCUT2D eigenvalue weighted by Crippen LogP contribution is 2.64. The number of nitrogens with zero attached hydrogens (tertiary/aromatic N) is 1. The van der Waals surface area contributed by atoms with Gasteiger partial charge in [0.15, 0.2) is 0 Å². The van der Waals surface area contributed by atoms with Crippen molar-refractivity contribution < 1.29 is 0 Å². The monoisotopic (exact) mass is 203 g/mol. The first-order valence-electron chi connectivity index (χ1n) is 6.58. The molecule has 4 saturated carbocycles. The van der Waals surface area contributed by atoms with Crippen molar-refractivity contribution in [2.75, 3.05) is 0 Å². The molecule has 1 nitrogen and oxygen atoms in total. The Balaban J connectivity index is 2.01. The highest BCUT2D eigenvalue weighted by molar-refractivity contribution is 5.16. The van der Waals surface area contributed by atoms with Gasteiger partial charge in [0.25, 0.3) is 0 Å². The minimum atomic E-state index is 0.0490. The molecule has 0 radical (unpaired) electrons. The number of hydrogen-bond donors (Lipinski definition) is 0. The van der Waals surface area contributed by atoms with Crippen molar-refractivity contribution in [1.29, 1.82) is 5.26 Å². The quantitative estimate of drug-likeness (QED) is 0.638. The summed E-state index contributed by atoms with van der Waals surface area (Å²) in [5, 5.41) is 9.67. The SMILES string of the molecule is CC(C)C1(C#N)C2CC3CC(C2)CC1C3. The second-order valence-electron chi connectivity index (χ2n) is 6.50. The Morgan fingerprint density at radius 2 is 1.47 bits per heavy atom. The molecule has 15 heavy (non-hydrogen) atoms. The third kappa shape index (κ3) is 1.09. The maximum Gasteiger partial charge on any atom is 0.0698 e. The van der Waals surface area contributed by atoms with Crippen LogP contribution >= 0.6 is 0 Å². The Kier molecular flexibility index (Phi) is 1.94. The molecular formula is C14H21N. The summed E-state index contributed by atoms with van der Waals surface area (Å²) in [4.78, 5) is 0. The van der Waals surface area contributed by atoms with Crippen LogP contribution in [0.15, 0.2) is 0 Å². The van der Waals surface area contributed by atoms with Crippen molar-refractivity contribution in [2.45, 2.75) is 46.0 Å². The van der Waals surface area contributed by atoms with E-state index >= 15 is 0 Å². The smallest absolute Gasteiger partial charge is 0.0698 e. The summed E-state index contributed by atoms with van der Waals surface area (Å²) in [6.45, 7) is 4.54. The van der Waals surface area contributed by atoms with Gasteiger partial charge in [-0.25, -0.2) is 0 Å². The van der Waals surface area contributed by atoms with E-state index in [9.17, 15) is 5.26 Å². The Morgan fingerprint density at radius 1 is 1.00 bits per heavy atom. The molecule has 0 aromatic rings. The van der Waals surface area contributed by atoms with E-state index in [0.717, 1.165) is 23.7 Å². The summed E-state index contributed by atoms with van der Waals surface area (Å²) in [5.74, 6) is 3.98. The predicted molar refractivity (Wildman–Crippen MR) is 59.9 cm³/mol. The normalized spacial score (nSPS) is 52.1. The van der Waals surface area contributed by atoms with E-state index in [1.807, 2.05) is 0 Å². The van der Waals surface area contributed by atoms with Gasteiger partial charge < -0.3 is 0 Å². The van der Waals surface area contributed by atoms with Crippen molar-refractivity contribution in [3.63, 3.8) is 0 Å². The first-order chi connectivity index (χ1) is 7.16. The van der Waals surface area contributed by atoms with Crippen LogP contribution in [-0.4, -0.2) is 0 Å². The van der Waals surface area contributed by atoms with Crippen molar-refractivity contribution in [2.24, 2.45) is 35.0 Å². The van der Waals surface area contributed by atoms with E-state index in [-0.39, 0.29) is 5.41 Å². The minimum Gasteiger partial charge on any atom is -0.198 e. The van der Waals surface area contributed by atoms with Crippen molar-refractivity contribution in [1.82, 2.24) is 0 Å². The zero-order valence-corrected chi connectivity index (χ0v) is 9.87. The molecule has 0 aliphatic heterocycles. The third-order valence-corrected chi connectivity index (χ3v) is 5.64. The first-order valence-corrected chi connectivity index (χ1v) is 6.58. The first kappa shape index (κ1) is 9.70. The topological polar surface area (TPSA) is 23.8 Å². The van der Waals surface area contributed by atoms with Gasteiger partial charge in [0.1, 0.15) is 0 Å². The molecule has 0 heterocycles. The van der Waals surface area contributed by atoms with Crippen molar-refractivity contribution in [3.8, 4) is 6.07 Å². The Bertz CT molecular complexity index is 282. The molecule has 0 aromatic heterocycles. The maximum absolute atomic E-state index is 9.67. The van der Waals surface area contributed by atoms with Gasteiger partial charge in [0.05, 0.1) is 11.5 Å². The van der Waals surface area contributed by atoms with Crippen LogP contribution in [0.3, 0.4) is 0 Å². The number of rotatable bonds is 1. The molecule has 4 aliphatic carbocycles. The summed E-state index contributed by atoms with van der Waals surface area (Å²) >= 11 is 0. The molecule has 0 amide bonds. The van der Waals surface area contributed by atoms with Crippen molar-refractivity contribution in [3.05, 3.63) is 0 Å². The largest absolute Gasteiger partial charge is 0.198 e. The van der Waals surface area contributed by atoms with E-state index in [2.05, 4.69) is 19.9 Å². The molecule has 4 fully saturated rings. The molecule has 0 unspecified atom stereocenters. The molecule has 4 bridgehead atoms. The van der Waals surface area contributed by atoms with Crippen LogP contribution in [0.25, 0.3) is 0 Å². The average molecular weight is 203 g/mol. The van der Waals surface area contributed by atoms with Crippen molar-refractivity contribution >= 4 is 0 Å². The molecule has 1 heteroatoms. The van der Waals surface area contributed by atoms with Gasteiger partial charge in [0.2, 0.25) is 0 Å².